The van der Waals surface area contributed by atoms with E-state index in [0.29, 0.717) is 16.6 Å². The topological polar surface area (TPSA) is 37.0 Å². The number of rotatable bonds is 5. The van der Waals surface area contributed by atoms with Gasteiger partial charge in [0.25, 0.3) is 0 Å². The first kappa shape index (κ1) is 23.4. The van der Waals surface area contributed by atoms with E-state index in [-0.39, 0.29) is 11.1 Å². The van der Waals surface area contributed by atoms with Crippen molar-refractivity contribution in [1.82, 2.24) is 14.9 Å². The van der Waals surface area contributed by atoms with Gasteiger partial charge in [0.15, 0.2) is 5.11 Å². The summed E-state index contributed by atoms with van der Waals surface area (Å²) in [4.78, 5) is 3.18. The molecule has 1 spiro atoms. The maximum absolute atomic E-state index is 6.35. The van der Waals surface area contributed by atoms with Crippen LogP contribution in [0.1, 0.15) is 40.5 Å². The summed E-state index contributed by atoms with van der Waals surface area (Å²) in [5, 5.41) is 4.16. The molecule has 0 aromatic heterocycles. The van der Waals surface area contributed by atoms with E-state index in [2.05, 4.69) is 45.0 Å². The molecule has 2 aromatic rings. The maximum atomic E-state index is 6.35. The van der Waals surface area contributed by atoms with Crippen molar-refractivity contribution in [1.29, 1.82) is 0 Å². The Morgan fingerprint density at radius 3 is 1.69 bits per heavy atom. The molecule has 0 radical (unpaired) electrons. The normalized spacial score (nSPS) is 21.6. The number of hydrogen-bond donors (Lipinski definition) is 1. The van der Waals surface area contributed by atoms with E-state index >= 15 is 0 Å². The third-order valence-electron chi connectivity index (χ3n) is 6.44. The van der Waals surface area contributed by atoms with Gasteiger partial charge >= 0.3 is 8.53 Å². The number of para-hydroxylation sites is 2. The number of piperidine rings is 1. The van der Waals surface area contributed by atoms with Crippen LogP contribution in [-0.2, 0) is 0 Å². The second kappa shape index (κ2) is 8.53. The van der Waals surface area contributed by atoms with Crippen LogP contribution >= 0.6 is 33.0 Å². The zero-order valence-corrected chi connectivity index (χ0v) is 21.7. The lowest BCUT2D eigenvalue weighted by Crippen LogP contribution is -2.68. The van der Waals surface area contributed by atoms with E-state index in [1.54, 1.807) is 0 Å². The standard InChI is InChI=1S/C24H30N3O2PS2/c1-22(2)16-24(17-23(3,4)26(22)5)20(31)27(21(32)25-24)30(28-18-12-8-6-9-13-18)29-19-14-10-7-11-15-19/h6-15H,16-17H2,1-5H3,(H,25,32). The maximum Gasteiger partial charge on any atom is 0.424 e. The molecule has 0 saturated carbocycles. The van der Waals surface area contributed by atoms with E-state index in [9.17, 15) is 0 Å². The highest BCUT2D eigenvalue weighted by Gasteiger charge is 2.59. The third kappa shape index (κ3) is 4.36. The molecule has 2 heterocycles. The van der Waals surface area contributed by atoms with E-state index in [0.717, 1.165) is 17.8 Å². The van der Waals surface area contributed by atoms with Crippen LogP contribution in [0.2, 0.25) is 0 Å². The van der Waals surface area contributed by atoms with Crippen LogP contribution in [0.15, 0.2) is 60.7 Å². The van der Waals surface area contributed by atoms with E-state index in [1.165, 1.54) is 0 Å². The summed E-state index contributed by atoms with van der Waals surface area (Å²) in [6, 6.07) is 19.3. The summed E-state index contributed by atoms with van der Waals surface area (Å²) in [5.41, 5.74) is -0.547. The number of likely N-dealkylation sites (tertiary alicyclic amines) is 1. The van der Waals surface area contributed by atoms with Crippen LogP contribution in [0, 0.1) is 0 Å². The van der Waals surface area contributed by atoms with Crippen LogP contribution in [0.4, 0.5) is 0 Å². The predicted octanol–water partition coefficient (Wildman–Crippen LogP) is 5.91. The zero-order chi connectivity index (χ0) is 23.1. The van der Waals surface area contributed by atoms with Crippen LogP contribution in [0.25, 0.3) is 0 Å². The summed E-state index contributed by atoms with van der Waals surface area (Å²) < 4.78 is 14.6. The molecule has 2 saturated heterocycles. The fraction of sp³-hybridized carbons (Fsp3) is 0.417. The number of nitrogens with one attached hydrogen (secondary N) is 1. The van der Waals surface area contributed by atoms with Gasteiger partial charge < -0.3 is 14.4 Å². The van der Waals surface area contributed by atoms with Gasteiger partial charge in [-0.2, -0.15) is 0 Å². The fourth-order valence-corrected chi connectivity index (χ4v) is 7.21. The second-order valence-corrected chi connectivity index (χ2v) is 11.7. The van der Waals surface area contributed by atoms with Crippen molar-refractivity contribution < 1.29 is 9.05 Å². The van der Waals surface area contributed by atoms with Crippen LogP contribution < -0.4 is 14.4 Å². The van der Waals surface area contributed by atoms with Crippen molar-refractivity contribution in [3.8, 4) is 11.5 Å². The monoisotopic (exact) mass is 487 g/mol. The van der Waals surface area contributed by atoms with Gasteiger partial charge in [-0.3, -0.25) is 4.90 Å². The number of hydrogen-bond acceptors (Lipinski definition) is 5. The lowest BCUT2D eigenvalue weighted by Gasteiger charge is -2.57. The van der Waals surface area contributed by atoms with Gasteiger partial charge in [-0.1, -0.05) is 48.6 Å². The Balaban J connectivity index is 1.68. The van der Waals surface area contributed by atoms with E-state index in [1.807, 2.05) is 65.3 Å². The summed E-state index contributed by atoms with van der Waals surface area (Å²) in [7, 11) is 0.544. The molecule has 0 amide bonds. The SMILES string of the molecule is CN1C(C)(C)CC2(CC1(C)C)NC(=S)N(P(Oc1ccccc1)Oc1ccccc1)C2=S. The molecule has 0 unspecified atom stereocenters. The molecule has 2 fully saturated rings. The zero-order valence-electron chi connectivity index (χ0n) is 19.2. The van der Waals surface area contributed by atoms with Crippen molar-refractivity contribution >= 4 is 43.1 Å². The van der Waals surface area contributed by atoms with Gasteiger partial charge in [-0.25, -0.2) is 4.67 Å². The third-order valence-corrected chi connectivity index (χ3v) is 9.03. The number of thiocarbonyl (C=S) groups is 2. The van der Waals surface area contributed by atoms with Gasteiger partial charge in [0.05, 0.1) is 5.54 Å². The molecule has 2 aliphatic rings. The Bertz CT molecular complexity index is 941. The Kier molecular flexibility index (Phi) is 6.23. The molecule has 5 nitrogen and oxygen atoms in total. The second-order valence-electron chi connectivity index (χ2n) is 9.71. The molecule has 0 bridgehead atoms. The molecule has 0 aliphatic carbocycles. The van der Waals surface area contributed by atoms with Crippen molar-refractivity contribution in [2.45, 2.75) is 57.2 Å². The lowest BCUT2D eigenvalue weighted by molar-refractivity contribution is -0.0266. The first-order chi connectivity index (χ1) is 15.0. The Morgan fingerprint density at radius 2 is 1.25 bits per heavy atom. The summed E-state index contributed by atoms with van der Waals surface area (Å²) >= 11 is 11.9. The molecule has 2 aliphatic heterocycles. The highest BCUT2D eigenvalue weighted by molar-refractivity contribution is 7.83. The Morgan fingerprint density at radius 1 is 0.812 bits per heavy atom. The average molecular weight is 488 g/mol. The smallest absolute Gasteiger partial charge is 0.422 e. The van der Waals surface area contributed by atoms with Gasteiger partial charge in [0, 0.05) is 11.1 Å². The molecular formula is C24H30N3O2PS2. The number of nitrogens with zero attached hydrogens (tertiary/aromatic N) is 2. The van der Waals surface area contributed by atoms with Gasteiger partial charge in [-0.15, -0.1) is 0 Å². The van der Waals surface area contributed by atoms with Crippen molar-refractivity contribution in [2.24, 2.45) is 0 Å². The minimum atomic E-state index is -1.64. The van der Waals surface area contributed by atoms with Crippen LogP contribution in [-0.4, -0.2) is 43.3 Å². The first-order valence-corrected chi connectivity index (χ1v) is 12.7. The molecule has 0 atom stereocenters. The molecule has 8 heteroatoms. The largest absolute Gasteiger partial charge is 0.424 e. The fourth-order valence-electron chi connectivity index (χ4n) is 4.83. The van der Waals surface area contributed by atoms with Crippen molar-refractivity contribution in [3.63, 3.8) is 0 Å². The Labute approximate surface area is 203 Å². The molecule has 32 heavy (non-hydrogen) atoms. The minimum Gasteiger partial charge on any atom is -0.422 e. The van der Waals surface area contributed by atoms with Crippen LogP contribution in [0.3, 0.4) is 0 Å². The Hall–Kier alpha value is -1.79. The number of benzene rings is 2. The minimum absolute atomic E-state index is 0.0617. The lowest BCUT2D eigenvalue weighted by atomic mass is 9.69. The highest BCUT2D eigenvalue weighted by Crippen LogP contribution is 2.52. The molecule has 170 valence electrons. The van der Waals surface area contributed by atoms with Crippen LogP contribution in [0.5, 0.6) is 11.5 Å². The van der Waals surface area contributed by atoms with E-state index in [4.69, 9.17) is 33.5 Å². The van der Waals surface area contributed by atoms with Crippen molar-refractivity contribution in [2.75, 3.05) is 7.05 Å². The summed E-state index contributed by atoms with van der Waals surface area (Å²) in [6.07, 6.45) is 1.69. The molecule has 2 aromatic carbocycles. The predicted molar refractivity (Wildman–Crippen MR) is 139 cm³/mol. The van der Waals surface area contributed by atoms with Gasteiger partial charge in [-0.05, 0) is 84.1 Å². The van der Waals surface area contributed by atoms with Gasteiger partial charge in [0.2, 0.25) is 0 Å². The van der Waals surface area contributed by atoms with Crippen molar-refractivity contribution in [3.05, 3.63) is 60.7 Å². The molecule has 4 rings (SSSR count). The molecular weight excluding hydrogens is 457 g/mol. The summed E-state index contributed by atoms with van der Waals surface area (Å²) in [5.74, 6) is 1.43. The quantitative estimate of drug-likeness (QED) is 0.415. The first-order valence-electron chi connectivity index (χ1n) is 10.7. The average Bonchev–Trinajstić information content (AvgIpc) is 2.95. The molecule has 1 N–H and O–H groups in total. The van der Waals surface area contributed by atoms with E-state index < -0.39 is 14.1 Å². The highest BCUT2D eigenvalue weighted by atomic mass is 32.1. The van der Waals surface area contributed by atoms with Gasteiger partial charge in [0.1, 0.15) is 16.5 Å². The summed E-state index contributed by atoms with van der Waals surface area (Å²) in [6.45, 7) is 9.04.